The van der Waals surface area contributed by atoms with E-state index >= 15 is 0 Å². The molecule has 2 rings (SSSR count). The van der Waals surface area contributed by atoms with Gasteiger partial charge in [0.1, 0.15) is 5.75 Å². The van der Waals surface area contributed by atoms with E-state index in [0.717, 1.165) is 0 Å². The van der Waals surface area contributed by atoms with E-state index in [4.69, 9.17) is 18.9 Å². The number of methoxy groups -OCH3 is 4. The summed E-state index contributed by atoms with van der Waals surface area (Å²) in [5.74, 6) is 0.455. The second-order valence-electron chi connectivity index (χ2n) is 5.17. The molecule has 27 heavy (non-hydrogen) atoms. The molecule has 0 aliphatic rings. The van der Waals surface area contributed by atoms with Crippen LogP contribution < -0.4 is 29.8 Å². The predicted molar refractivity (Wildman–Crippen MR) is 102 cm³/mol. The van der Waals surface area contributed by atoms with Crippen LogP contribution in [0.3, 0.4) is 0 Å². The van der Waals surface area contributed by atoms with Crippen molar-refractivity contribution in [2.75, 3.05) is 28.4 Å². The van der Waals surface area contributed by atoms with Gasteiger partial charge in [0, 0.05) is 10.0 Å². The summed E-state index contributed by atoms with van der Waals surface area (Å²) in [5.41, 5.74) is 5.23. The molecule has 8 nitrogen and oxygen atoms in total. The monoisotopic (exact) mass is 438 g/mol. The van der Waals surface area contributed by atoms with Gasteiger partial charge in [0.25, 0.3) is 11.8 Å². The van der Waals surface area contributed by atoms with E-state index in [1.165, 1.54) is 40.6 Å². The Balaban J connectivity index is 2.17. The molecule has 0 saturated heterocycles. The largest absolute Gasteiger partial charge is 0.497 e. The second-order valence-corrected chi connectivity index (χ2v) is 6.02. The van der Waals surface area contributed by atoms with E-state index in [1.807, 2.05) is 0 Å². The average molecular weight is 439 g/mol. The van der Waals surface area contributed by atoms with E-state index in [0.29, 0.717) is 33.0 Å². The Labute approximate surface area is 164 Å². The fourth-order valence-electron chi connectivity index (χ4n) is 2.27. The molecule has 2 amide bonds. The number of nitrogens with one attached hydrogen (secondary N) is 2. The maximum Gasteiger partial charge on any atom is 0.270 e. The van der Waals surface area contributed by atoms with Crippen molar-refractivity contribution in [1.29, 1.82) is 0 Å². The number of hydrogen-bond acceptors (Lipinski definition) is 6. The van der Waals surface area contributed by atoms with Gasteiger partial charge in [0.2, 0.25) is 5.75 Å². The molecule has 0 spiro atoms. The lowest BCUT2D eigenvalue weighted by molar-refractivity contribution is 0.0845. The number of hydrogen-bond donors (Lipinski definition) is 2. The molecule has 2 aromatic carbocycles. The molecule has 0 saturated carbocycles. The molecule has 0 aliphatic heterocycles. The molecule has 2 N–H and O–H groups in total. The number of carbonyl (C=O) groups is 2. The summed E-state index contributed by atoms with van der Waals surface area (Å²) < 4.78 is 21.3. The van der Waals surface area contributed by atoms with Gasteiger partial charge in [-0.05, 0) is 46.3 Å². The summed E-state index contributed by atoms with van der Waals surface area (Å²) in [6.07, 6.45) is 0. The minimum absolute atomic E-state index is 0.217. The van der Waals surface area contributed by atoms with Gasteiger partial charge in [-0.25, -0.2) is 0 Å². The Morgan fingerprint density at radius 1 is 0.815 bits per heavy atom. The Morgan fingerprint density at radius 3 is 1.93 bits per heavy atom. The zero-order valence-electron chi connectivity index (χ0n) is 15.2. The van der Waals surface area contributed by atoms with Gasteiger partial charge in [-0.3, -0.25) is 20.4 Å². The molecule has 0 atom stereocenters. The summed E-state index contributed by atoms with van der Waals surface area (Å²) in [7, 11) is 5.85. The van der Waals surface area contributed by atoms with Crippen molar-refractivity contribution in [1.82, 2.24) is 10.9 Å². The fourth-order valence-corrected chi connectivity index (χ4v) is 2.70. The minimum atomic E-state index is -0.554. The minimum Gasteiger partial charge on any atom is -0.497 e. The first kappa shape index (κ1) is 20.4. The quantitative estimate of drug-likeness (QED) is 0.672. The van der Waals surface area contributed by atoms with Crippen molar-refractivity contribution in [3.05, 3.63) is 45.9 Å². The SMILES string of the molecule is COc1ccc(Br)c(C(=O)NNC(=O)c2cc(OC)c(OC)c(OC)c2)c1. The lowest BCUT2D eigenvalue weighted by Gasteiger charge is -2.14. The van der Waals surface area contributed by atoms with Gasteiger partial charge in [-0.1, -0.05) is 0 Å². The molecule has 2 aromatic rings. The van der Waals surface area contributed by atoms with Gasteiger partial charge in [0.05, 0.1) is 34.0 Å². The van der Waals surface area contributed by atoms with Crippen molar-refractivity contribution in [3.8, 4) is 23.0 Å². The first-order valence-corrected chi connectivity index (χ1v) is 8.48. The van der Waals surface area contributed by atoms with Crippen LogP contribution in [0.1, 0.15) is 20.7 Å². The highest BCUT2D eigenvalue weighted by Gasteiger charge is 2.18. The van der Waals surface area contributed by atoms with Crippen LogP contribution in [0, 0.1) is 0 Å². The van der Waals surface area contributed by atoms with Crippen molar-refractivity contribution in [2.45, 2.75) is 0 Å². The van der Waals surface area contributed by atoms with Crippen LogP contribution in [0.25, 0.3) is 0 Å². The van der Waals surface area contributed by atoms with E-state index in [9.17, 15) is 9.59 Å². The highest BCUT2D eigenvalue weighted by atomic mass is 79.9. The van der Waals surface area contributed by atoms with Gasteiger partial charge in [-0.2, -0.15) is 0 Å². The number of benzene rings is 2. The third-order valence-electron chi connectivity index (χ3n) is 3.63. The van der Waals surface area contributed by atoms with Crippen LogP contribution in [0.2, 0.25) is 0 Å². The smallest absolute Gasteiger partial charge is 0.270 e. The molecular weight excluding hydrogens is 420 g/mol. The van der Waals surface area contributed by atoms with Crippen LogP contribution >= 0.6 is 15.9 Å². The third kappa shape index (κ3) is 4.62. The summed E-state index contributed by atoms with van der Waals surface area (Å²) in [5, 5.41) is 0. The molecule has 0 aromatic heterocycles. The Morgan fingerprint density at radius 2 is 1.41 bits per heavy atom. The average Bonchev–Trinajstić information content (AvgIpc) is 2.70. The van der Waals surface area contributed by atoms with Crippen molar-refractivity contribution in [2.24, 2.45) is 0 Å². The van der Waals surface area contributed by atoms with Gasteiger partial charge in [0.15, 0.2) is 11.5 Å². The third-order valence-corrected chi connectivity index (χ3v) is 4.33. The number of hydrazine groups is 1. The van der Waals surface area contributed by atoms with Gasteiger partial charge < -0.3 is 18.9 Å². The summed E-state index contributed by atoms with van der Waals surface area (Å²) >= 11 is 3.29. The molecule has 0 bridgehead atoms. The summed E-state index contributed by atoms with van der Waals surface area (Å²) in [4.78, 5) is 24.7. The lowest BCUT2D eigenvalue weighted by Crippen LogP contribution is -2.41. The second kappa shape index (κ2) is 9.13. The highest BCUT2D eigenvalue weighted by molar-refractivity contribution is 9.10. The highest BCUT2D eigenvalue weighted by Crippen LogP contribution is 2.38. The Hall–Kier alpha value is -2.94. The van der Waals surface area contributed by atoms with Gasteiger partial charge >= 0.3 is 0 Å². The first-order valence-electron chi connectivity index (χ1n) is 7.69. The van der Waals surface area contributed by atoms with Crippen molar-refractivity contribution in [3.63, 3.8) is 0 Å². The number of rotatable bonds is 6. The molecule has 0 heterocycles. The molecule has 0 aliphatic carbocycles. The van der Waals surface area contributed by atoms with Crippen LogP contribution in [-0.4, -0.2) is 40.3 Å². The van der Waals surface area contributed by atoms with Gasteiger partial charge in [-0.15, -0.1) is 0 Å². The number of carbonyl (C=O) groups excluding carboxylic acids is 2. The summed E-state index contributed by atoms with van der Waals surface area (Å²) in [6.45, 7) is 0. The number of amides is 2. The van der Waals surface area contributed by atoms with E-state index in [1.54, 1.807) is 18.2 Å². The van der Waals surface area contributed by atoms with E-state index in [-0.39, 0.29) is 5.56 Å². The van der Waals surface area contributed by atoms with Crippen LogP contribution in [-0.2, 0) is 0 Å². The lowest BCUT2D eigenvalue weighted by atomic mass is 10.1. The van der Waals surface area contributed by atoms with Crippen molar-refractivity contribution < 1.29 is 28.5 Å². The number of halogens is 1. The van der Waals surface area contributed by atoms with E-state index in [2.05, 4.69) is 26.8 Å². The molecule has 0 unspecified atom stereocenters. The zero-order chi connectivity index (χ0) is 20.0. The van der Waals surface area contributed by atoms with Crippen LogP contribution in [0.5, 0.6) is 23.0 Å². The van der Waals surface area contributed by atoms with E-state index < -0.39 is 11.8 Å². The fraction of sp³-hybridized carbons (Fsp3) is 0.222. The van der Waals surface area contributed by atoms with Crippen LogP contribution in [0.4, 0.5) is 0 Å². The zero-order valence-corrected chi connectivity index (χ0v) is 16.8. The Bertz CT molecular complexity index is 831. The molecule has 9 heteroatoms. The molecular formula is C18H19BrN2O6. The first-order chi connectivity index (χ1) is 12.9. The summed E-state index contributed by atoms with van der Waals surface area (Å²) in [6, 6.07) is 7.88. The number of ether oxygens (including phenoxy) is 4. The Kier molecular flexibility index (Phi) is 6.89. The molecule has 0 radical (unpaired) electrons. The van der Waals surface area contributed by atoms with Crippen LogP contribution in [0.15, 0.2) is 34.8 Å². The molecule has 144 valence electrons. The maximum absolute atomic E-state index is 12.4. The van der Waals surface area contributed by atoms with Crippen molar-refractivity contribution >= 4 is 27.7 Å². The predicted octanol–water partition coefficient (Wildman–Crippen LogP) is 2.56. The standard InChI is InChI=1S/C18H19BrN2O6/c1-24-11-5-6-13(19)12(9-11)18(23)21-20-17(22)10-7-14(25-2)16(27-4)15(8-10)26-3/h5-9H,1-4H3,(H,20,22)(H,21,23). The topological polar surface area (TPSA) is 95.1 Å². The molecule has 0 fully saturated rings. The normalized spacial score (nSPS) is 9.96. The maximum atomic E-state index is 12.4.